The fourth-order valence-corrected chi connectivity index (χ4v) is 4.02. The first-order valence-electron chi connectivity index (χ1n) is 8.93. The molecule has 2 heterocycles. The van der Waals surface area contributed by atoms with Gasteiger partial charge in [-0.25, -0.2) is 4.40 Å². The third-order valence-corrected chi connectivity index (χ3v) is 5.54. The van der Waals surface area contributed by atoms with E-state index in [1.807, 2.05) is 30.3 Å². The van der Waals surface area contributed by atoms with Crippen molar-refractivity contribution < 1.29 is 18.9 Å². The zero-order valence-corrected chi connectivity index (χ0v) is 17.6. The van der Waals surface area contributed by atoms with Crippen molar-refractivity contribution >= 4 is 22.4 Å². The molecule has 30 heavy (non-hydrogen) atoms. The Kier molecular flexibility index (Phi) is 5.28. The van der Waals surface area contributed by atoms with Crippen LogP contribution in [0.4, 0.5) is 0 Å². The van der Waals surface area contributed by atoms with Crippen molar-refractivity contribution in [2.75, 3.05) is 28.4 Å². The second kappa shape index (κ2) is 8.03. The van der Waals surface area contributed by atoms with E-state index >= 15 is 0 Å². The molecule has 154 valence electrons. The van der Waals surface area contributed by atoms with Crippen LogP contribution in [0.3, 0.4) is 0 Å². The summed E-state index contributed by atoms with van der Waals surface area (Å²) < 4.78 is 23.4. The van der Waals surface area contributed by atoms with E-state index in [4.69, 9.17) is 18.9 Å². The minimum atomic E-state index is -0.195. The first kappa shape index (κ1) is 19.7. The van der Waals surface area contributed by atoms with Gasteiger partial charge in [0.15, 0.2) is 17.3 Å². The summed E-state index contributed by atoms with van der Waals surface area (Å²) >= 11 is 1.27. The lowest BCUT2D eigenvalue weighted by molar-refractivity contribution is 0.324. The molecule has 0 saturated carbocycles. The van der Waals surface area contributed by atoms with Gasteiger partial charge in [-0.2, -0.15) is 0 Å². The van der Waals surface area contributed by atoms with E-state index in [0.29, 0.717) is 38.1 Å². The van der Waals surface area contributed by atoms with E-state index in [2.05, 4.69) is 10.2 Å². The average Bonchev–Trinajstić information content (AvgIpc) is 3.33. The van der Waals surface area contributed by atoms with Gasteiger partial charge in [0.05, 0.1) is 33.0 Å². The highest BCUT2D eigenvalue weighted by Crippen LogP contribution is 2.40. The molecule has 0 spiro atoms. The zero-order valence-electron chi connectivity index (χ0n) is 16.8. The second-order valence-corrected chi connectivity index (χ2v) is 7.25. The molecule has 2 aromatic carbocycles. The van der Waals surface area contributed by atoms with Crippen molar-refractivity contribution in [3.05, 3.63) is 56.8 Å². The first-order valence-corrected chi connectivity index (χ1v) is 9.75. The smallest absolute Gasteiger partial charge is 0.276 e. The molecule has 0 amide bonds. The molecule has 0 fully saturated rings. The van der Waals surface area contributed by atoms with Crippen molar-refractivity contribution in [3.63, 3.8) is 0 Å². The number of fused-ring (bicyclic) bond motifs is 1. The highest BCUT2D eigenvalue weighted by atomic mass is 32.1. The highest BCUT2D eigenvalue weighted by Gasteiger charge is 2.19. The van der Waals surface area contributed by atoms with Crippen molar-refractivity contribution in [1.29, 1.82) is 0 Å². The minimum Gasteiger partial charge on any atom is -0.497 e. The summed E-state index contributed by atoms with van der Waals surface area (Å²) in [5.41, 5.74) is 1.32. The first-order chi connectivity index (χ1) is 14.6. The van der Waals surface area contributed by atoms with Gasteiger partial charge in [0.25, 0.3) is 5.56 Å². The van der Waals surface area contributed by atoms with Crippen LogP contribution in [-0.2, 0) is 0 Å². The van der Waals surface area contributed by atoms with E-state index in [-0.39, 0.29) is 5.56 Å². The number of methoxy groups -OCH3 is 4. The average molecular weight is 425 g/mol. The summed E-state index contributed by atoms with van der Waals surface area (Å²) in [5, 5.41) is 8.38. The monoisotopic (exact) mass is 425 g/mol. The van der Waals surface area contributed by atoms with Gasteiger partial charge < -0.3 is 18.9 Å². The molecule has 0 unspecified atom stereocenters. The zero-order chi connectivity index (χ0) is 21.3. The minimum absolute atomic E-state index is 0.195. The molecule has 0 aliphatic heterocycles. The van der Waals surface area contributed by atoms with E-state index in [9.17, 15) is 4.79 Å². The third-order valence-electron chi connectivity index (χ3n) is 4.58. The van der Waals surface area contributed by atoms with Crippen LogP contribution in [0.2, 0.25) is 0 Å². The van der Waals surface area contributed by atoms with Crippen molar-refractivity contribution in [2.45, 2.75) is 0 Å². The lowest BCUT2D eigenvalue weighted by Gasteiger charge is -2.13. The summed E-state index contributed by atoms with van der Waals surface area (Å²) in [4.78, 5) is 13.6. The summed E-state index contributed by atoms with van der Waals surface area (Å²) in [5.74, 6) is 2.56. The molecule has 0 atom stereocenters. The number of ether oxygens (including phenoxy) is 4. The Balaban J connectivity index is 1.86. The molecule has 0 bridgehead atoms. The number of thiazole rings is 1. The molecule has 8 nitrogen and oxygen atoms in total. The van der Waals surface area contributed by atoms with Crippen LogP contribution in [0.25, 0.3) is 22.4 Å². The molecule has 4 aromatic rings. The number of rotatable bonds is 6. The Bertz CT molecular complexity index is 1290. The van der Waals surface area contributed by atoms with Crippen LogP contribution in [0.1, 0.15) is 5.56 Å². The maximum Gasteiger partial charge on any atom is 0.276 e. The predicted octanol–water partition coefficient (Wildman–Crippen LogP) is 2.40. The molecule has 0 radical (unpaired) electrons. The van der Waals surface area contributed by atoms with Gasteiger partial charge in [-0.05, 0) is 35.9 Å². The largest absolute Gasteiger partial charge is 0.497 e. The predicted molar refractivity (Wildman–Crippen MR) is 114 cm³/mol. The summed E-state index contributed by atoms with van der Waals surface area (Å²) in [7, 11) is 6.21. The molecule has 0 N–H and O–H groups in total. The van der Waals surface area contributed by atoms with Crippen molar-refractivity contribution in [2.24, 2.45) is 0 Å². The van der Waals surface area contributed by atoms with Crippen LogP contribution >= 0.6 is 11.3 Å². The lowest BCUT2D eigenvalue weighted by Crippen LogP contribution is -2.23. The lowest BCUT2D eigenvalue weighted by atomic mass is 10.1. The van der Waals surface area contributed by atoms with Gasteiger partial charge in [-0.1, -0.05) is 23.5 Å². The molecular formula is C21H19N3O5S. The van der Waals surface area contributed by atoms with Gasteiger partial charge in [-0.15, -0.1) is 10.2 Å². The SMILES string of the molecule is COc1ccc(/C=c2/sc3nnc(-c4cc(OC)c(OC)c(OC)c4)n3c2=O)cc1. The van der Waals surface area contributed by atoms with Gasteiger partial charge in [0.2, 0.25) is 10.7 Å². The van der Waals surface area contributed by atoms with Gasteiger partial charge in [0.1, 0.15) is 5.75 Å². The highest BCUT2D eigenvalue weighted by molar-refractivity contribution is 7.15. The topological polar surface area (TPSA) is 84.2 Å². The van der Waals surface area contributed by atoms with E-state index < -0.39 is 0 Å². The number of benzene rings is 2. The van der Waals surface area contributed by atoms with Crippen LogP contribution in [0.15, 0.2) is 41.2 Å². The van der Waals surface area contributed by atoms with Crippen LogP contribution < -0.4 is 29.0 Å². The van der Waals surface area contributed by atoms with Crippen molar-refractivity contribution in [1.82, 2.24) is 14.6 Å². The van der Waals surface area contributed by atoms with Gasteiger partial charge in [-0.3, -0.25) is 4.79 Å². The maximum atomic E-state index is 13.1. The number of nitrogens with zero attached hydrogens (tertiary/aromatic N) is 3. The fraction of sp³-hybridized carbons (Fsp3) is 0.190. The van der Waals surface area contributed by atoms with Crippen molar-refractivity contribution in [3.8, 4) is 34.4 Å². The Labute approximate surface area is 175 Å². The summed E-state index contributed by atoms with van der Waals surface area (Å²) in [6.45, 7) is 0. The maximum absolute atomic E-state index is 13.1. The normalized spacial score (nSPS) is 11.7. The Morgan fingerprint density at radius 2 is 1.57 bits per heavy atom. The third kappa shape index (κ3) is 3.33. The van der Waals surface area contributed by atoms with Crippen LogP contribution in [-0.4, -0.2) is 43.0 Å². The van der Waals surface area contributed by atoms with E-state index in [1.165, 1.54) is 37.1 Å². The number of hydrogen-bond donors (Lipinski definition) is 0. The Hall–Kier alpha value is -3.59. The molecule has 4 rings (SSSR count). The molecule has 0 saturated heterocycles. The van der Waals surface area contributed by atoms with Crippen LogP contribution in [0, 0.1) is 0 Å². The van der Waals surface area contributed by atoms with E-state index in [1.54, 1.807) is 19.2 Å². The van der Waals surface area contributed by atoms with E-state index in [0.717, 1.165) is 11.3 Å². The molecule has 0 aliphatic rings. The molecule has 9 heteroatoms. The van der Waals surface area contributed by atoms with Crippen LogP contribution in [0.5, 0.6) is 23.0 Å². The quantitative estimate of drug-likeness (QED) is 0.469. The number of aromatic nitrogens is 3. The standard InChI is InChI=1S/C21H19N3O5S/c1-26-14-7-5-12(6-8-14)9-17-20(25)24-19(22-23-21(24)30-17)13-10-15(27-2)18(29-4)16(11-13)28-3/h5-11H,1-4H3/b17-9+. The van der Waals surface area contributed by atoms with Gasteiger partial charge >= 0.3 is 0 Å². The Morgan fingerprint density at radius 3 is 2.13 bits per heavy atom. The Morgan fingerprint density at radius 1 is 0.900 bits per heavy atom. The fourth-order valence-electron chi connectivity index (χ4n) is 3.11. The summed E-state index contributed by atoms with van der Waals surface area (Å²) in [6.07, 6.45) is 1.82. The summed E-state index contributed by atoms with van der Waals surface area (Å²) in [6, 6.07) is 10.9. The second-order valence-electron chi connectivity index (χ2n) is 6.24. The molecular weight excluding hydrogens is 406 g/mol. The van der Waals surface area contributed by atoms with Gasteiger partial charge in [0, 0.05) is 5.56 Å². The number of hydrogen-bond acceptors (Lipinski definition) is 8. The molecule has 0 aliphatic carbocycles. The molecule has 2 aromatic heterocycles.